The Morgan fingerprint density at radius 2 is 1.83 bits per heavy atom. The standard InChI is InChI=1S/C36H34ClFN2O8/c1-36-25(33(45)40(35(36)47)20-6-10-27(38)26(37)15-20)16-24-22(31(36)19-13-18-14-21(41)7-11-28(18)48-17-19)8-9-23-30(24)34(46)39(32(23)44)12-4-2-3-5-29(42)43/h6-8,10-11,14-15,17,23-25,30-31,41H,2-5,9,12-13,16H2,1H3,(H,42,43)/t23-,24+,25-,30-,31-,36+/m0/s1. The minimum atomic E-state index is -1.31. The second-order valence-corrected chi connectivity index (χ2v) is 14.0. The lowest BCUT2D eigenvalue weighted by molar-refractivity contribution is -0.141. The summed E-state index contributed by atoms with van der Waals surface area (Å²) in [6.07, 6.45) is 5.80. The number of likely N-dealkylation sites (tertiary alicyclic amines) is 1. The van der Waals surface area contributed by atoms with Crippen LogP contribution in [0.2, 0.25) is 5.02 Å². The molecule has 3 aliphatic heterocycles. The largest absolute Gasteiger partial charge is 0.508 e. The molecule has 5 aliphatic rings. The molecular formula is C36H34ClFN2O8. The van der Waals surface area contributed by atoms with Crippen molar-refractivity contribution < 1.29 is 43.3 Å². The number of aliphatic carboxylic acids is 1. The molecule has 4 amide bonds. The summed E-state index contributed by atoms with van der Waals surface area (Å²) in [4.78, 5) is 69.8. The third-order valence-corrected chi connectivity index (χ3v) is 11.2. The average molecular weight is 677 g/mol. The monoisotopic (exact) mass is 676 g/mol. The Morgan fingerprint density at radius 3 is 2.58 bits per heavy atom. The topological polar surface area (TPSA) is 142 Å². The molecule has 48 heavy (non-hydrogen) atoms. The van der Waals surface area contributed by atoms with Crippen LogP contribution in [0.25, 0.3) is 0 Å². The number of unbranched alkanes of at least 4 members (excludes halogenated alkanes) is 2. The van der Waals surface area contributed by atoms with Gasteiger partial charge in [0, 0.05) is 30.9 Å². The first kappa shape index (κ1) is 32.1. The van der Waals surface area contributed by atoms with Crippen LogP contribution in [0.5, 0.6) is 11.5 Å². The molecule has 1 saturated carbocycles. The third kappa shape index (κ3) is 4.93. The second kappa shape index (κ2) is 11.9. The lowest BCUT2D eigenvalue weighted by Crippen LogP contribution is -2.51. The number of ether oxygens (including phenoxy) is 1. The zero-order valence-corrected chi connectivity index (χ0v) is 26.9. The maximum absolute atomic E-state index is 14.6. The Balaban J connectivity index is 1.27. The Kier molecular flexibility index (Phi) is 7.93. The number of carboxylic acid groups (broad SMARTS) is 1. The van der Waals surface area contributed by atoms with Crippen molar-refractivity contribution in [2.75, 3.05) is 11.4 Å². The smallest absolute Gasteiger partial charge is 0.303 e. The number of allylic oxidation sites excluding steroid dienone is 3. The van der Waals surface area contributed by atoms with Gasteiger partial charge in [-0.15, -0.1) is 0 Å². The number of halogens is 2. The summed E-state index contributed by atoms with van der Waals surface area (Å²) in [5.41, 5.74) is 1.03. The summed E-state index contributed by atoms with van der Waals surface area (Å²) >= 11 is 6.08. The lowest BCUT2D eigenvalue weighted by atomic mass is 9.51. The number of rotatable bonds is 8. The molecule has 3 fully saturated rings. The van der Waals surface area contributed by atoms with E-state index in [0.29, 0.717) is 49.0 Å². The number of carbonyl (C=O) groups is 5. The number of phenolic OH excluding ortho intramolecular Hbond substituents is 1. The van der Waals surface area contributed by atoms with Crippen LogP contribution < -0.4 is 9.64 Å². The van der Waals surface area contributed by atoms with Crippen molar-refractivity contribution in [3.63, 3.8) is 0 Å². The summed E-state index contributed by atoms with van der Waals surface area (Å²) in [7, 11) is 0. The number of phenols is 1. The number of anilines is 1. The molecule has 2 aliphatic carbocycles. The van der Waals surface area contributed by atoms with Crippen LogP contribution in [-0.4, -0.2) is 51.3 Å². The van der Waals surface area contributed by atoms with E-state index >= 15 is 0 Å². The molecule has 2 aromatic rings. The molecule has 0 radical (unpaired) electrons. The van der Waals surface area contributed by atoms with Gasteiger partial charge >= 0.3 is 5.97 Å². The van der Waals surface area contributed by atoms with Crippen LogP contribution in [0, 0.1) is 40.8 Å². The summed E-state index contributed by atoms with van der Waals surface area (Å²) in [6, 6.07) is 8.45. The van der Waals surface area contributed by atoms with Gasteiger partial charge in [-0.05, 0) is 80.5 Å². The quantitative estimate of drug-likeness (QED) is 0.215. The molecule has 10 nitrogen and oxygen atoms in total. The predicted octanol–water partition coefficient (Wildman–Crippen LogP) is 5.41. The van der Waals surface area contributed by atoms with Crippen molar-refractivity contribution in [1.82, 2.24) is 4.90 Å². The van der Waals surface area contributed by atoms with Crippen molar-refractivity contribution in [1.29, 1.82) is 0 Å². The van der Waals surface area contributed by atoms with Crippen LogP contribution in [0.3, 0.4) is 0 Å². The van der Waals surface area contributed by atoms with E-state index in [9.17, 15) is 33.5 Å². The predicted molar refractivity (Wildman–Crippen MR) is 170 cm³/mol. The molecule has 2 saturated heterocycles. The SMILES string of the molecule is C[C@@]12C(=O)N(c3ccc(F)c(Cl)c3)C(=O)[C@@H]1C[C@@H]1C(=CC[C@@H]3C(=O)N(CCCCCC(=O)O)C(=O)[C@@H]31)[C@@H]2C1=COc2ccc(O)cc2C1. The fourth-order valence-electron chi connectivity index (χ4n) is 8.72. The Labute approximate surface area is 280 Å². The summed E-state index contributed by atoms with van der Waals surface area (Å²) in [5, 5.41) is 18.9. The van der Waals surface area contributed by atoms with Crippen molar-refractivity contribution >= 4 is 46.9 Å². The van der Waals surface area contributed by atoms with Gasteiger partial charge in [0.25, 0.3) is 0 Å². The van der Waals surface area contributed by atoms with E-state index in [4.69, 9.17) is 21.4 Å². The Hall–Kier alpha value is -4.51. The Bertz CT molecular complexity index is 1840. The van der Waals surface area contributed by atoms with Gasteiger partial charge in [0.1, 0.15) is 17.3 Å². The van der Waals surface area contributed by atoms with Gasteiger partial charge in [-0.25, -0.2) is 9.29 Å². The highest BCUT2D eigenvalue weighted by Gasteiger charge is 2.68. The number of carbonyl (C=O) groups excluding carboxylic acids is 4. The first-order valence-corrected chi connectivity index (χ1v) is 16.6. The van der Waals surface area contributed by atoms with Crippen molar-refractivity contribution in [2.45, 2.75) is 51.9 Å². The number of hydrogen-bond acceptors (Lipinski definition) is 7. The van der Waals surface area contributed by atoms with E-state index in [0.717, 1.165) is 16.5 Å². The van der Waals surface area contributed by atoms with E-state index in [-0.39, 0.29) is 47.7 Å². The maximum Gasteiger partial charge on any atom is 0.303 e. The minimum Gasteiger partial charge on any atom is -0.508 e. The first-order chi connectivity index (χ1) is 22.9. The molecule has 7 rings (SSSR count). The van der Waals surface area contributed by atoms with E-state index in [1.165, 1.54) is 23.1 Å². The van der Waals surface area contributed by atoms with Crippen LogP contribution in [0.15, 0.2) is 59.9 Å². The van der Waals surface area contributed by atoms with E-state index < -0.39 is 58.6 Å². The molecular weight excluding hydrogens is 643 g/mol. The minimum absolute atomic E-state index is 0.0155. The van der Waals surface area contributed by atoms with Crippen LogP contribution >= 0.6 is 11.6 Å². The molecule has 0 unspecified atom stereocenters. The molecule has 0 spiro atoms. The fourth-order valence-corrected chi connectivity index (χ4v) is 8.90. The van der Waals surface area contributed by atoms with E-state index in [1.54, 1.807) is 25.3 Å². The molecule has 250 valence electrons. The molecule has 12 heteroatoms. The van der Waals surface area contributed by atoms with Crippen molar-refractivity contribution in [3.8, 4) is 11.5 Å². The zero-order chi connectivity index (χ0) is 34.1. The summed E-state index contributed by atoms with van der Waals surface area (Å²) in [5.74, 6) is -5.94. The number of imide groups is 2. The molecule has 2 N–H and O–H groups in total. The average Bonchev–Trinajstić information content (AvgIpc) is 3.41. The number of fused-ring (bicyclic) bond motifs is 5. The number of amides is 4. The van der Waals surface area contributed by atoms with Gasteiger partial charge in [0.05, 0.1) is 40.1 Å². The molecule has 0 bridgehead atoms. The van der Waals surface area contributed by atoms with Crippen LogP contribution in [0.4, 0.5) is 10.1 Å². The molecule has 3 heterocycles. The zero-order valence-electron chi connectivity index (χ0n) is 26.2. The number of nitrogens with zero attached hydrogens (tertiary/aromatic N) is 2. The molecule has 6 atom stereocenters. The van der Waals surface area contributed by atoms with E-state index in [1.807, 2.05) is 6.08 Å². The van der Waals surface area contributed by atoms with Crippen LogP contribution in [-0.2, 0) is 30.4 Å². The number of benzene rings is 2. The van der Waals surface area contributed by atoms with Gasteiger partial charge in [0.15, 0.2) is 0 Å². The number of hydrogen-bond donors (Lipinski definition) is 2. The number of aromatic hydroxyl groups is 1. The second-order valence-electron chi connectivity index (χ2n) is 13.6. The van der Waals surface area contributed by atoms with Crippen molar-refractivity contribution in [3.05, 3.63) is 76.3 Å². The van der Waals surface area contributed by atoms with Gasteiger partial charge in [0.2, 0.25) is 23.6 Å². The van der Waals surface area contributed by atoms with E-state index in [2.05, 4.69) is 0 Å². The van der Waals surface area contributed by atoms with Gasteiger partial charge in [-0.1, -0.05) is 29.7 Å². The van der Waals surface area contributed by atoms with Gasteiger partial charge in [-0.2, -0.15) is 0 Å². The maximum atomic E-state index is 14.6. The highest BCUT2D eigenvalue weighted by molar-refractivity contribution is 6.31. The van der Waals surface area contributed by atoms with Crippen molar-refractivity contribution in [2.24, 2.45) is 35.0 Å². The first-order valence-electron chi connectivity index (χ1n) is 16.2. The Morgan fingerprint density at radius 1 is 1.04 bits per heavy atom. The normalized spacial score (nSPS) is 29.1. The lowest BCUT2D eigenvalue weighted by Gasteiger charge is -2.49. The fraction of sp³-hybridized carbons (Fsp3) is 0.417. The highest BCUT2D eigenvalue weighted by Crippen LogP contribution is 2.63. The summed E-state index contributed by atoms with van der Waals surface area (Å²) < 4.78 is 20.1. The number of carboxylic acids is 1. The summed E-state index contributed by atoms with van der Waals surface area (Å²) in [6.45, 7) is 1.94. The third-order valence-electron chi connectivity index (χ3n) is 10.9. The van der Waals surface area contributed by atoms with Gasteiger partial charge < -0.3 is 14.9 Å². The van der Waals surface area contributed by atoms with Gasteiger partial charge in [-0.3, -0.25) is 28.9 Å². The molecule has 0 aromatic heterocycles. The van der Waals surface area contributed by atoms with Crippen LogP contribution in [0.1, 0.15) is 51.0 Å². The molecule has 2 aromatic carbocycles. The highest BCUT2D eigenvalue weighted by atomic mass is 35.5.